The highest BCUT2D eigenvalue weighted by Crippen LogP contribution is 2.19. The number of hydrogen-bond acceptors (Lipinski definition) is 3. The third kappa shape index (κ3) is 5.69. The van der Waals surface area contributed by atoms with Crippen LogP contribution in [0.5, 0.6) is 0 Å². The molecule has 9 heteroatoms. The first-order valence-corrected chi connectivity index (χ1v) is 5.85. The minimum Gasteiger partial charge on any atom is -0.382 e. The second-order valence-corrected chi connectivity index (χ2v) is 4.18. The average molecular weight is 305 g/mol. The van der Waals surface area contributed by atoms with Crippen LogP contribution in [0.4, 0.5) is 18.0 Å². The Bertz CT molecular complexity index is 503. The summed E-state index contributed by atoms with van der Waals surface area (Å²) in [6.45, 7) is -0.753. The minimum absolute atomic E-state index is 0.132. The Morgan fingerprint density at radius 3 is 2.24 bits per heavy atom. The number of carbonyl (C=O) groups is 2. The van der Waals surface area contributed by atoms with Crippen LogP contribution < -0.4 is 16.4 Å². The van der Waals surface area contributed by atoms with E-state index in [1.54, 1.807) is 0 Å². The van der Waals surface area contributed by atoms with E-state index in [0.717, 1.165) is 0 Å². The van der Waals surface area contributed by atoms with E-state index in [-0.39, 0.29) is 12.1 Å². The van der Waals surface area contributed by atoms with E-state index in [1.165, 1.54) is 24.3 Å². The molecule has 1 atom stereocenters. The predicted molar refractivity (Wildman–Crippen MR) is 67.3 cm³/mol. The summed E-state index contributed by atoms with van der Waals surface area (Å²) in [5, 5.41) is 13.1. The van der Waals surface area contributed by atoms with Gasteiger partial charge in [-0.15, -0.1) is 0 Å². The van der Waals surface area contributed by atoms with Gasteiger partial charge >= 0.3 is 12.2 Å². The van der Waals surface area contributed by atoms with Gasteiger partial charge in [-0.25, -0.2) is 4.79 Å². The Morgan fingerprint density at radius 1 is 1.19 bits per heavy atom. The summed E-state index contributed by atoms with van der Waals surface area (Å²) in [5.41, 5.74) is 5.69. The van der Waals surface area contributed by atoms with Crippen LogP contribution in [-0.2, 0) is 6.54 Å². The molecule has 21 heavy (non-hydrogen) atoms. The molecule has 0 heterocycles. The van der Waals surface area contributed by atoms with Crippen LogP contribution in [0.25, 0.3) is 0 Å². The van der Waals surface area contributed by atoms with Crippen LogP contribution in [0, 0.1) is 0 Å². The van der Waals surface area contributed by atoms with Gasteiger partial charge in [0, 0.05) is 12.1 Å². The van der Waals surface area contributed by atoms with Crippen molar-refractivity contribution in [3.8, 4) is 0 Å². The summed E-state index contributed by atoms with van der Waals surface area (Å²) in [5.74, 6) is -0.743. The van der Waals surface area contributed by atoms with Crippen molar-refractivity contribution in [3.05, 3.63) is 35.4 Å². The first-order valence-electron chi connectivity index (χ1n) is 5.85. The van der Waals surface area contributed by atoms with Gasteiger partial charge in [-0.1, -0.05) is 12.1 Å². The predicted octanol–water partition coefficient (Wildman–Crippen LogP) is 0.508. The van der Waals surface area contributed by atoms with E-state index < -0.39 is 30.8 Å². The minimum atomic E-state index is -4.78. The van der Waals surface area contributed by atoms with Crippen molar-refractivity contribution in [2.75, 3.05) is 6.54 Å². The SMILES string of the molecule is NC(=O)NCc1ccc(C(=O)NCC(O)C(F)(F)F)cc1. The van der Waals surface area contributed by atoms with Gasteiger partial charge in [-0.2, -0.15) is 13.2 Å². The number of benzene rings is 1. The topological polar surface area (TPSA) is 104 Å². The number of hydrogen-bond donors (Lipinski definition) is 4. The van der Waals surface area contributed by atoms with Crippen LogP contribution in [0.3, 0.4) is 0 Å². The summed E-state index contributed by atoms with van der Waals surface area (Å²) in [7, 11) is 0. The molecule has 5 N–H and O–H groups in total. The summed E-state index contributed by atoms with van der Waals surface area (Å²) in [6.07, 6.45) is -7.39. The normalized spacial score (nSPS) is 12.6. The lowest BCUT2D eigenvalue weighted by molar-refractivity contribution is -0.201. The van der Waals surface area contributed by atoms with Crippen molar-refractivity contribution in [1.29, 1.82) is 0 Å². The molecular weight excluding hydrogens is 291 g/mol. The lowest BCUT2D eigenvalue weighted by Crippen LogP contribution is -2.40. The van der Waals surface area contributed by atoms with Gasteiger partial charge in [-0.3, -0.25) is 4.79 Å². The van der Waals surface area contributed by atoms with Crippen LogP contribution in [0.1, 0.15) is 15.9 Å². The number of urea groups is 1. The fourth-order valence-corrected chi connectivity index (χ4v) is 1.37. The molecule has 0 aliphatic rings. The van der Waals surface area contributed by atoms with Crippen LogP contribution >= 0.6 is 0 Å². The Kier molecular flexibility index (Phi) is 5.53. The molecule has 1 rings (SSSR count). The van der Waals surface area contributed by atoms with Gasteiger partial charge < -0.3 is 21.5 Å². The molecule has 0 fully saturated rings. The van der Waals surface area contributed by atoms with E-state index in [1.807, 2.05) is 5.32 Å². The second-order valence-electron chi connectivity index (χ2n) is 4.18. The van der Waals surface area contributed by atoms with Gasteiger partial charge in [0.2, 0.25) is 0 Å². The van der Waals surface area contributed by atoms with Crippen LogP contribution in [0.15, 0.2) is 24.3 Å². The molecule has 0 aliphatic carbocycles. The monoisotopic (exact) mass is 305 g/mol. The standard InChI is InChI=1S/C12H14F3N3O3/c13-12(14,15)9(19)6-17-10(20)8-3-1-7(2-4-8)5-18-11(16)21/h1-4,9,19H,5-6H2,(H,17,20)(H3,16,18,21). The van der Waals surface area contributed by atoms with Gasteiger partial charge in [0.15, 0.2) is 6.10 Å². The van der Waals surface area contributed by atoms with E-state index in [4.69, 9.17) is 10.8 Å². The van der Waals surface area contributed by atoms with Crippen molar-refractivity contribution >= 4 is 11.9 Å². The quantitative estimate of drug-likeness (QED) is 0.637. The third-order valence-electron chi connectivity index (χ3n) is 2.52. The van der Waals surface area contributed by atoms with Crippen molar-refractivity contribution < 1.29 is 27.9 Å². The van der Waals surface area contributed by atoms with Crippen molar-refractivity contribution in [3.63, 3.8) is 0 Å². The van der Waals surface area contributed by atoms with Gasteiger partial charge in [0.1, 0.15) is 0 Å². The number of amides is 3. The largest absolute Gasteiger partial charge is 0.416 e. The molecule has 1 aromatic rings. The molecule has 6 nitrogen and oxygen atoms in total. The number of rotatable bonds is 5. The van der Waals surface area contributed by atoms with Crippen LogP contribution in [-0.4, -0.2) is 35.9 Å². The first kappa shape index (κ1) is 16.8. The Labute approximate surface area is 118 Å². The summed E-state index contributed by atoms with van der Waals surface area (Å²) in [6, 6.07) is 5.11. The van der Waals surface area contributed by atoms with Crippen molar-refractivity contribution in [1.82, 2.24) is 10.6 Å². The molecule has 3 amide bonds. The third-order valence-corrected chi connectivity index (χ3v) is 2.52. The summed E-state index contributed by atoms with van der Waals surface area (Å²) >= 11 is 0. The fourth-order valence-electron chi connectivity index (χ4n) is 1.37. The number of nitrogens with one attached hydrogen (secondary N) is 2. The van der Waals surface area contributed by atoms with E-state index >= 15 is 0 Å². The van der Waals surface area contributed by atoms with E-state index in [0.29, 0.717) is 5.56 Å². The number of nitrogens with two attached hydrogens (primary N) is 1. The molecular formula is C12H14F3N3O3. The maximum atomic E-state index is 12.1. The maximum Gasteiger partial charge on any atom is 0.416 e. The summed E-state index contributed by atoms with van der Waals surface area (Å²) in [4.78, 5) is 22.1. The average Bonchev–Trinajstić information content (AvgIpc) is 2.41. The molecule has 1 unspecified atom stereocenters. The molecule has 0 bridgehead atoms. The highest BCUT2D eigenvalue weighted by Gasteiger charge is 2.38. The highest BCUT2D eigenvalue weighted by atomic mass is 19.4. The van der Waals surface area contributed by atoms with E-state index in [9.17, 15) is 22.8 Å². The lowest BCUT2D eigenvalue weighted by atomic mass is 10.1. The Balaban J connectivity index is 2.53. The molecule has 0 aromatic heterocycles. The van der Waals surface area contributed by atoms with Crippen molar-refractivity contribution in [2.24, 2.45) is 5.73 Å². The number of aliphatic hydroxyl groups is 1. The number of primary amides is 1. The van der Waals surface area contributed by atoms with E-state index in [2.05, 4.69) is 5.32 Å². The molecule has 0 radical (unpaired) electrons. The number of halogens is 3. The highest BCUT2D eigenvalue weighted by molar-refractivity contribution is 5.94. The van der Waals surface area contributed by atoms with Gasteiger partial charge in [0.25, 0.3) is 5.91 Å². The Morgan fingerprint density at radius 2 is 1.76 bits per heavy atom. The number of carbonyl (C=O) groups excluding carboxylic acids is 2. The molecule has 116 valence electrons. The summed E-state index contributed by atoms with van der Waals surface area (Å²) < 4.78 is 36.2. The maximum absolute atomic E-state index is 12.1. The Hall–Kier alpha value is -2.29. The molecule has 0 aliphatic heterocycles. The zero-order chi connectivity index (χ0) is 16.0. The van der Waals surface area contributed by atoms with Gasteiger partial charge in [-0.05, 0) is 17.7 Å². The fraction of sp³-hybridized carbons (Fsp3) is 0.333. The zero-order valence-electron chi connectivity index (χ0n) is 10.8. The molecule has 1 aromatic carbocycles. The smallest absolute Gasteiger partial charge is 0.382 e. The zero-order valence-corrected chi connectivity index (χ0v) is 10.8. The first-order chi connectivity index (χ1) is 9.70. The molecule has 0 spiro atoms. The van der Waals surface area contributed by atoms with Crippen LogP contribution in [0.2, 0.25) is 0 Å². The molecule has 0 saturated heterocycles. The lowest BCUT2D eigenvalue weighted by Gasteiger charge is -2.15. The molecule has 0 saturated carbocycles. The second kappa shape index (κ2) is 6.93. The van der Waals surface area contributed by atoms with Gasteiger partial charge in [0.05, 0.1) is 6.54 Å². The number of aliphatic hydroxyl groups excluding tert-OH is 1. The van der Waals surface area contributed by atoms with Crippen molar-refractivity contribution in [2.45, 2.75) is 18.8 Å². The number of alkyl halides is 3.